The van der Waals surface area contributed by atoms with Gasteiger partial charge in [-0.1, -0.05) is 16.8 Å². The molecule has 0 aliphatic heterocycles. The van der Waals surface area contributed by atoms with Gasteiger partial charge in [-0.25, -0.2) is 0 Å². The van der Waals surface area contributed by atoms with Gasteiger partial charge in [0, 0.05) is 17.3 Å². The van der Waals surface area contributed by atoms with Gasteiger partial charge < -0.3 is 10.6 Å². The number of aromatic nitrogens is 4. The molecule has 19 heavy (non-hydrogen) atoms. The first-order valence-electron chi connectivity index (χ1n) is 5.74. The van der Waals surface area contributed by atoms with E-state index in [0.717, 1.165) is 5.69 Å². The molecule has 0 aliphatic rings. The van der Waals surface area contributed by atoms with Gasteiger partial charge in [0.15, 0.2) is 5.82 Å². The summed E-state index contributed by atoms with van der Waals surface area (Å²) in [6.07, 6.45) is 0. The summed E-state index contributed by atoms with van der Waals surface area (Å²) in [5.74, 6) is 0.170. The number of tetrazole rings is 1. The van der Waals surface area contributed by atoms with Crippen LogP contribution in [0.4, 0.5) is 5.69 Å². The number of halogens is 1. The Morgan fingerprint density at radius 3 is 3.00 bits per heavy atom. The average Bonchev–Trinajstić information content (AvgIpc) is 2.91. The summed E-state index contributed by atoms with van der Waals surface area (Å²) in [5.41, 5.74) is 1.22. The lowest BCUT2D eigenvalue weighted by atomic mass is 10.1. The lowest BCUT2D eigenvalue weighted by molar-refractivity contribution is 0.0950. The van der Waals surface area contributed by atoms with E-state index < -0.39 is 0 Å². The first-order valence-corrected chi connectivity index (χ1v) is 6.12. The molecule has 7 nitrogen and oxygen atoms in total. The van der Waals surface area contributed by atoms with Crippen LogP contribution in [-0.4, -0.2) is 33.1 Å². The number of nitrogens with one attached hydrogen (secondary N) is 3. The summed E-state index contributed by atoms with van der Waals surface area (Å²) >= 11 is 5.91. The number of carbonyl (C=O) groups is 1. The van der Waals surface area contributed by atoms with Gasteiger partial charge >= 0.3 is 0 Å². The lowest BCUT2D eigenvalue weighted by Crippen LogP contribution is -2.24. The largest absolute Gasteiger partial charge is 0.385 e. The van der Waals surface area contributed by atoms with Gasteiger partial charge in [0.05, 0.1) is 12.1 Å². The lowest BCUT2D eigenvalue weighted by Gasteiger charge is -2.10. The van der Waals surface area contributed by atoms with Crippen molar-refractivity contribution in [3.8, 4) is 0 Å². The van der Waals surface area contributed by atoms with Crippen molar-refractivity contribution < 1.29 is 4.79 Å². The second-order valence-electron chi connectivity index (χ2n) is 3.73. The molecular formula is C11H13ClN6O. The number of H-pyrrole nitrogens is 1. The van der Waals surface area contributed by atoms with E-state index in [9.17, 15) is 4.79 Å². The molecule has 1 amide bonds. The van der Waals surface area contributed by atoms with E-state index in [2.05, 4.69) is 31.3 Å². The average molecular weight is 281 g/mol. The van der Waals surface area contributed by atoms with Crippen molar-refractivity contribution in [2.45, 2.75) is 13.5 Å². The van der Waals surface area contributed by atoms with E-state index in [-0.39, 0.29) is 12.5 Å². The van der Waals surface area contributed by atoms with Crippen molar-refractivity contribution in [2.24, 2.45) is 0 Å². The molecule has 1 aromatic heterocycles. The van der Waals surface area contributed by atoms with Crippen molar-refractivity contribution in [3.63, 3.8) is 0 Å². The van der Waals surface area contributed by atoms with E-state index >= 15 is 0 Å². The zero-order valence-electron chi connectivity index (χ0n) is 10.3. The number of nitrogens with zero attached hydrogens (tertiary/aromatic N) is 3. The van der Waals surface area contributed by atoms with Crippen LogP contribution in [0, 0.1) is 0 Å². The fraction of sp³-hybridized carbons (Fsp3) is 0.273. The SMILES string of the molecule is CCNc1ccc(Cl)cc1C(=O)NCc1nn[nH]n1. The standard InChI is InChI=1S/C11H13ClN6O/c1-2-13-9-4-3-7(12)5-8(9)11(19)14-6-10-15-17-18-16-10/h3-5,13H,2,6H2,1H3,(H,14,19)(H,15,16,17,18). The minimum absolute atomic E-state index is 0.202. The van der Waals surface area contributed by atoms with Gasteiger partial charge in [-0.15, -0.1) is 10.2 Å². The van der Waals surface area contributed by atoms with Crippen LogP contribution < -0.4 is 10.6 Å². The van der Waals surface area contributed by atoms with Crippen LogP contribution in [0.25, 0.3) is 0 Å². The fourth-order valence-corrected chi connectivity index (χ4v) is 1.73. The molecule has 2 rings (SSSR count). The summed E-state index contributed by atoms with van der Waals surface area (Å²) in [6, 6.07) is 5.12. The van der Waals surface area contributed by atoms with Crippen LogP contribution in [0.2, 0.25) is 5.02 Å². The monoisotopic (exact) mass is 280 g/mol. The number of hydrogen-bond donors (Lipinski definition) is 3. The van der Waals surface area contributed by atoms with E-state index in [1.807, 2.05) is 6.92 Å². The van der Waals surface area contributed by atoms with Gasteiger partial charge in [-0.2, -0.15) is 5.21 Å². The number of hydrogen-bond acceptors (Lipinski definition) is 5. The summed E-state index contributed by atoms with van der Waals surface area (Å²) in [5, 5.41) is 19.6. The highest BCUT2D eigenvalue weighted by atomic mass is 35.5. The van der Waals surface area contributed by atoms with Crippen molar-refractivity contribution >= 4 is 23.2 Å². The Kier molecular flexibility index (Phi) is 4.30. The highest BCUT2D eigenvalue weighted by Gasteiger charge is 2.12. The Balaban J connectivity index is 2.11. The zero-order valence-corrected chi connectivity index (χ0v) is 11.0. The Hall–Kier alpha value is -2.15. The maximum atomic E-state index is 12.1. The Labute approximate surface area is 114 Å². The molecule has 0 aliphatic carbocycles. The maximum Gasteiger partial charge on any atom is 0.253 e. The highest BCUT2D eigenvalue weighted by Crippen LogP contribution is 2.20. The maximum absolute atomic E-state index is 12.1. The molecule has 0 bridgehead atoms. The minimum atomic E-state index is -0.247. The summed E-state index contributed by atoms with van der Waals surface area (Å²) in [4.78, 5) is 12.1. The number of carbonyl (C=O) groups excluding carboxylic acids is 1. The summed E-state index contributed by atoms with van der Waals surface area (Å²) < 4.78 is 0. The fourth-order valence-electron chi connectivity index (χ4n) is 1.56. The molecule has 0 fully saturated rings. The zero-order chi connectivity index (χ0) is 13.7. The van der Waals surface area contributed by atoms with E-state index in [0.29, 0.717) is 23.0 Å². The molecule has 0 spiro atoms. The summed E-state index contributed by atoms with van der Waals surface area (Å²) in [7, 11) is 0. The van der Waals surface area contributed by atoms with Crippen LogP contribution in [-0.2, 0) is 6.54 Å². The molecule has 0 radical (unpaired) electrons. The summed E-state index contributed by atoms with van der Waals surface area (Å²) in [6.45, 7) is 2.87. The molecule has 3 N–H and O–H groups in total. The number of amides is 1. The normalized spacial score (nSPS) is 10.2. The van der Waals surface area contributed by atoms with Crippen molar-refractivity contribution in [1.82, 2.24) is 25.9 Å². The van der Waals surface area contributed by atoms with Crippen LogP contribution >= 0.6 is 11.6 Å². The van der Waals surface area contributed by atoms with Crippen LogP contribution in [0.1, 0.15) is 23.1 Å². The predicted molar refractivity (Wildman–Crippen MR) is 71.0 cm³/mol. The topological polar surface area (TPSA) is 95.6 Å². The number of anilines is 1. The Morgan fingerprint density at radius 2 is 2.32 bits per heavy atom. The van der Waals surface area contributed by atoms with Crippen molar-refractivity contribution in [2.75, 3.05) is 11.9 Å². The minimum Gasteiger partial charge on any atom is -0.385 e. The first-order chi connectivity index (χ1) is 9.20. The van der Waals surface area contributed by atoms with E-state index in [4.69, 9.17) is 11.6 Å². The molecule has 1 aromatic carbocycles. The van der Waals surface area contributed by atoms with Gasteiger partial charge in [0.1, 0.15) is 0 Å². The molecular weight excluding hydrogens is 268 g/mol. The molecule has 100 valence electrons. The van der Waals surface area contributed by atoms with Crippen molar-refractivity contribution in [3.05, 3.63) is 34.6 Å². The number of benzene rings is 1. The third kappa shape index (κ3) is 3.41. The van der Waals surface area contributed by atoms with Crippen molar-refractivity contribution in [1.29, 1.82) is 0 Å². The van der Waals surface area contributed by atoms with E-state index in [1.165, 1.54) is 0 Å². The third-order valence-corrected chi connectivity index (χ3v) is 2.62. The smallest absolute Gasteiger partial charge is 0.253 e. The van der Waals surface area contributed by atoms with Crippen LogP contribution in [0.5, 0.6) is 0 Å². The van der Waals surface area contributed by atoms with Gasteiger partial charge in [-0.3, -0.25) is 4.79 Å². The number of rotatable bonds is 5. The van der Waals surface area contributed by atoms with E-state index in [1.54, 1.807) is 18.2 Å². The number of aromatic amines is 1. The molecule has 0 saturated carbocycles. The Morgan fingerprint density at radius 1 is 1.47 bits per heavy atom. The molecule has 0 saturated heterocycles. The molecule has 0 unspecified atom stereocenters. The molecule has 2 aromatic rings. The van der Waals surface area contributed by atoms with Crippen LogP contribution in [0.3, 0.4) is 0 Å². The second-order valence-corrected chi connectivity index (χ2v) is 4.17. The van der Waals surface area contributed by atoms with Crippen LogP contribution in [0.15, 0.2) is 18.2 Å². The first kappa shape index (κ1) is 13.3. The Bertz CT molecular complexity index is 556. The molecule has 1 heterocycles. The second kappa shape index (κ2) is 6.14. The molecule has 0 atom stereocenters. The predicted octanol–water partition coefficient (Wildman–Crippen LogP) is 1.21. The van der Waals surface area contributed by atoms with Gasteiger partial charge in [0.25, 0.3) is 5.91 Å². The molecule has 8 heteroatoms. The van der Waals surface area contributed by atoms with Gasteiger partial charge in [-0.05, 0) is 25.1 Å². The quantitative estimate of drug-likeness (QED) is 0.765. The third-order valence-electron chi connectivity index (χ3n) is 2.39. The highest BCUT2D eigenvalue weighted by molar-refractivity contribution is 6.31. The van der Waals surface area contributed by atoms with Gasteiger partial charge in [0.2, 0.25) is 0 Å².